The van der Waals surface area contributed by atoms with Crippen LogP contribution in [-0.4, -0.2) is 49.6 Å². The van der Waals surface area contributed by atoms with E-state index in [4.69, 9.17) is 0 Å². The van der Waals surface area contributed by atoms with E-state index in [0.29, 0.717) is 0 Å². The van der Waals surface area contributed by atoms with Crippen molar-refractivity contribution in [2.24, 2.45) is 0 Å². The minimum atomic E-state index is 0.750. The van der Waals surface area contributed by atoms with Crippen LogP contribution < -0.4 is 0 Å². The molecule has 1 atom stereocenters. The van der Waals surface area contributed by atoms with E-state index in [2.05, 4.69) is 44.7 Å². The van der Waals surface area contributed by atoms with Crippen LogP contribution in [0.2, 0.25) is 0 Å². The van der Waals surface area contributed by atoms with Gasteiger partial charge < -0.3 is 4.90 Å². The molecule has 0 aliphatic carbocycles. The Morgan fingerprint density at radius 2 is 1.71 bits per heavy atom. The molecule has 0 fully saturated rings. The summed E-state index contributed by atoms with van der Waals surface area (Å²) >= 11 is 0. The average Bonchev–Trinajstić information content (AvgIpc) is 2.15. The lowest BCUT2D eigenvalue weighted by molar-refractivity contribution is 0.187. The van der Waals surface area contributed by atoms with E-state index in [1.807, 2.05) is 0 Å². The van der Waals surface area contributed by atoms with E-state index in [-0.39, 0.29) is 0 Å². The van der Waals surface area contributed by atoms with Gasteiger partial charge >= 0.3 is 0 Å². The smallest absolute Gasteiger partial charge is 0.0112 e. The number of rotatable bonds is 8. The van der Waals surface area contributed by atoms with Gasteiger partial charge in [0.05, 0.1) is 0 Å². The van der Waals surface area contributed by atoms with Crippen molar-refractivity contribution in [1.29, 1.82) is 0 Å². The van der Waals surface area contributed by atoms with Crippen molar-refractivity contribution in [3.05, 3.63) is 0 Å². The van der Waals surface area contributed by atoms with Gasteiger partial charge in [-0.15, -0.1) is 0 Å². The van der Waals surface area contributed by atoms with E-state index < -0.39 is 0 Å². The largest absolute Gasteiger partial charge is 0.308 e. The van der Waals surface area contributed by atoms with Crippen molar-refractivity contribution in [3.8, 4) is 0 Å². The van der Waals surface area contributed by atoms with Crippen molar-refractivity contribution >= 4 is 0 Å². The molecule has 86 valence electrons. The first-order valence-corrected chi connectivity index (χ1v) is 6.00. The zero-order valence-corrected chi connectivity index (χ0v) is 10.7. The first-order valence-electron chi connectivity index (χ1n) is 6.00. The molecule has 0 aromatic rings. The second-order valence-electron chi connectivity index (χ2n) is 4.42. The van der Waals surface area contributed by atoms with Crippen molar-refractivity contribution in [1.82, 2.24) is 9.80 Å². The monoisotopic (exact) mass is 200 g/mol. The van der Waals surface area contributed by atoms with Crippen LogP contribution in [0.5, 0.6) is 0 Å². The second kappa shape index (κ2) is 8.25. The second-order valence-corrected chi connectivity index (χ2v) is 4.42. The Kier molecular flexibility index (Phi) is 8.20. The Morgan fingerprint density at radius 3 is 2.14 bits per heavy atom. The van der Waals surface area contributed by atoms with Crippen molar-refractivity contribution < 1.29 is 0 Å². The highest BCUT2D eigenvalue weighted by atomic mass is 15.2. The molecule has 0 amide bonds. The van der Waals surface area contributed by atoms with Crippen LogP contribution in [0.1, 0.15) is 40.0 Å². The summed E-state index contributed by atoms with van der Waals surface area (Å²) in [4.78, 5) is 4.84. The topological polar surface area (TPSA) is 6.48 Å². The molecule has 0 radical (unpaired) electrons. The summed E-state index contributed by atoms with van der Waals surface area (Å²) < 4.78 is 0. The minimum absolute atomic E-state index is 0.750. The Hall–Kier alpha value is -0.0800. The molecule has 0 aliphatic rings. The highest BCUT2D eigenvalue weighted by molar-refractivity contribution is 4.66. The molecule has 0 heterocycles. The summed E-state index contributed by atoms with van der Waals surface area (Å²) in [5.74, 6) is 0. The summed E-state index contributed by atoms with van der Waals surface area (Å²) in [6, 6.07) is 0.750. The van der Waals surface area contributed by atoms with Gasteiger partial charge in [-0.25, -0.2) is 0 Å². The SMILES string of the molecule is CCCCC(C)N(CC)CCN(C)C. The molecule has 0 saturated heterocycles. The fourth-order valence-corrected chi connectivity index (χ4v) is 1.70. The molecule has 1 unspecified atom stereocenters. The van der Waals surface area contributed by atoms with Crippen molar-refractivity contribution in [2.75, 3.05) is 33.7 Å². The molecular weight excluding hydrogens is 172 g/mol. The van der Waals surface area contributed by atoms with Crippen molar-refractivity contribution in [2.45, 2.75) is 46.1 Å². The van der Waals surface area contributed by atoms with E-state index in [1.54, 1.807) is 0 Å². The fourth-order valence-electron chi connectivity index (χ4n) is 1.70. The molecule has 0 rings (SSSR count). The summed E-state index contributed by atoms with van der Waals surface area (Å²) in [7, 11) is 4.29. The molecule has 0 aliphatic heterocycles. The van der Waals surface area contributed by atoms with Gasteiger partial charge in [-0.2, -0.15) is 0 Å². The molecule has 0 spiro atoms. The predicted molar refractivity (Wildman–Crippen MR) is 64.8 cm³/mol. The zero-order valence-electron chi connectivity index (χ0n) is 10.7. The number of nitrogens with zero attached hydrogens (tertiary/aromatic N) is 2. The summed E-state index contributed by atoms with van der Waals surface area (Å²) in [5.41, 5.74) is 0. The average molecular weight is 200 g/mol. The molecule has 0 aromatic heterocycles. The van der Waals surface area contributed by atoms with Crippen LogP contribution >= 0.6 is 0 Å². The maximum atomic E-state index is 2.58. The normalized spacial score (nSPS) is 13.9. The van der Waals surface area contributed by atoms with Gasteiger partial charge in [-0.05, 0) is 34.0 Å². The summed E-state index contributed by atoms with van der Waals surface area (Å²) in [6.45, 7) is 10.4. The lowest BCUT2D eigenvalue weighted by atomic mass is 10.1. The third-order valence-electron chi connectivity index (χ3n) is 2.84. The maximum Gasteiger partial charge on any atom is 0.0112 e. The quantitative estimate of drug-likeness (QED) is 0.594. The number of likely N-dealkylation sites (N-methyl/N-ethyl adjacent to an activating group) is 2. The molecule has 2 nitrogen and oxygen atoms in total. The molecule has 0 N–H and O–H groups in total. The Morgan fingerprint density at radius 1 is 1.07 bits per heavy atom. The van der Waals surface area contributed by atoms with Crippen molar-refractivity contribution in [3.63, 3.8) is 0 Å². The summed E-state index contributed by atoms with van der Waals surface area (Å²) in [6.07, 6.45) is 4.02. The lowest BCUT2D eigenvalue weighted by Gasteiger charge is -2.28. The standard InChI is InChI=1S/C12H28N2/c1-6-8-9-12(3)14(7-2)11-10-13(4)5/h12H,6-11H2,1-5H3. The first kappa shape index (κ1) is 13.9. The van der Waals surface area contributed by atoms with Gasteiger partial charge in [0.1, 0.15) is 0 Å². The van der Waals surface area contributed by atoms with Gasteiger partial charge in [-0.1, -0.05) is 26.7 Å². The van der Waals surface area contributed by atoms with Crippen LogP contribution in [-0.2, 0) is 0 Å². The molecular formula is C12H28N2. The Balaban J connectivity index is 3.74. The zero-order chi connectivity index (χ0) is 11.0. The third-order valence-corrected chi connectivity index (χ3v) is 2.84. The van der Waals surface area contributed by atoms with Crippen LogP contribution in [0.4, 0.5) is 0 Å². The first-order chi connectivity index (χ1) is 6.61. The molecule has 14 heavy (non-hydrogen) atoms. The van der Waals surface area contributed by atoms with Crippen LogP contribution in [0.3, 0.4) is 0 Å². The minimum Gasteiger partial charge on any atom is -0.308 e. The van der Waals surface area contributed by atoms with Gasteiger partial charge in [0.15, 0.2) is 0 Å². The van der Waals surface area contributed by atoms with Crippen LogP contribution in [0.15, 0.2) is 0 Å². The number of hydrogen-bond donors (Lipinski definition) is 0. The maximum absolute atomic E-state index is 2.58. The van der Waals surface area contributed by atoms with Gasteiger partial charge in [0, 0.05) is 19.1 Å². The Bertz CT molecular complexity index is 123. The molecule has 2 heteroatoms. The molecule has 0 aromatic carbocycles. The molecule has 0 saturated carbocycles. The Labute approximate surface area is 90.3 Å². The fraction of sp³-hybridized carbons (Fsp3) is 1.00. The van der Waals surface area contributed by atoms with E-state index >= 15 is 0 Å². The summed E-state index contributed by atoms with van der Waals surface area (Å²) in [5, 5.41) is 0. The number of unbranched alkanes of at least 4 members (excludes halogenated alkanes) is 1. The van der Waals surface area contributed by atoms with Gasteiger partial charge in [-0.3, -0.25) is 4.90 Å². The third kappa shape index (κ3) is 6.39. The number of hydrogen-bond acceptors (Lipinski definition) is 2. The van der Waals surface area contributed by atoms with E-state index in [9.17, 15) is 0 Å². The highest BCUT2D eigenvalue weighted by Crippen LogP contribution is 2.07. The van der Waals surface area contributed by atoms with E-state index in [0.717, 1.165) is 6.04 Å². The predicted octanol–water partition coefficient (Wildman–Crippen LogP) is 2.45. The highest BCUT2D eigenvalue weighted by Gasteiger charge is 2.10. The van der Waals surface area contributed by atoms with Gasteiger partial charge in [0.25, 0.3) is 0 Å². The van der Waals surface area contributed by atoms with E-state index in [1.165, 1.54) is 38.9 Å². The molecule has 0 bridgehead atoms. The lowest BCUT2D eigenvalue weighted by Crippen LogP contribution is -2.38. The van der Waals surface area contributed by atoms with Crippen LogP contribution in [0.25, 0.3) is 0 Å². The van der Waals surface area contributed by atoms with Gasteiger partial charge in [0.2, 0.25) is 0 Å². The van der Waals surface area contributed by atoms with Crippen LogP contribution in [0, 0.1) is 0 Å².